The van der Waals surface area contributed by atoms with Gasteiger partial charge in [0.2, 0.25) is 0 Å². The van der Waals surface area contributed by atoms with Gasteiger partial charge in [0, 0.05) is 23.0 Å². The molecule has 0 bridgehead atoms. The van der Waals surface area contributed by atoms with E-state index in [0.717, 1.165) is 4.47 Å². The van der Waals surface area contributed by atoms with E-state index in [1.54, 1.807) is 12.1 Å². The van der Waals surface area contributed by atoms with Crippen LogP contribution < -0.4 is 5.73 Å². The minimum atomic E-state index is -0.978. The molecule has 3 N–H and O–H groups in total. The fourth-order valence-corrected chi connectivity index (χ4v) is 1.39. The predicted molar refractivity (Wildman–Crippen MR) is 61.7 cm³/mol. The van der Waals surface area contributed by atoms with Crippen molar-refractivity contribution in [1.82, 2.24) is 0 Å². The zero-order valence-electron chi connectivity index (χ0n) is 7.96. The normalized spacial score (nSPS) is 9.20. The van der Waals surface area contributed by atoms with Crippen LogP contribution >= 0.6 is 15.9 Å². The monoisotopic (exact) mass is 267 g/mol. The molecule has 4 heteroatoms. The summed E-state index contributed by atoms with van der Waals surface area (Å²) in [6.07, 6.45) is 0.565. The van der Waals surface area contributed by atoms with Gasteiger partial charge in [-0.05, 0) is 18.2 Å². The molecule has 1 aromatic carbocycles. The van der Waals surface area contributed by atoms with Crippen LogP contribution in [0.25, 0.3) is 0 Å². The maximum atomic E-state index is 10.9. The molecule has 0 unspecified atom stereocenters. The Labute approximate surface area is 96.4 Å². The lowest BCUT2D eigenvalue weighted by Gasteiger charge is -1.99. The minimum Gasteiger partial charge on any atom is -0.478 e. The molecule has 0 saturated carbocycles. The highest BCUT2D eigenvalue weighted by molar-refractivity contribution is 9.10. The maximum absolute atomic E-state index is 10.9. The smallest absolute Gasteiger partial charge is 0.337 e. The van der Waals surface area contributed by atoms with Crippen molar-refractivity contribution in [2.45, 2.75) is 6.42 Å². The maximum Gasteiger partial charge on any atom is 0.337 e. The van der Waals surface area contributed by atoms with E-state index in [2.05, 4.69) is 27.8 Å². The van der Waals surface area contributed by atoms with Crippen molar-refractivity contribution in [2.75, 3.05) is 6.54 Å². The summed E-state index contributed by atoms with van der Waals surface area (Å²) in [5.41, 5.74) is 6.00. The van der Waals surface area contributed by atoms with E-state index in [4.69, 9.17) is 10.8 Å². The zero-order valence-corrected chi connectivity index (χ0v) is 9.54. The highest BCUT2D eigenvalue weighted by atomic mass is 79.9. The Kier molecular flexibility index (Phi) is 4.35. The average molecular weight is 268 g/mol. The Morgan fingerprint density at radius 2 is 2.27 bits per heavy atom. The van der Waals surface area contributed by atoms with Crippen molar-refractivity contribution >= 4 is 21.9 Å². The summed E-state index contributed by atoms with van der Waals surface area (Å²) in [5.74, 6) is 4.63. The van der Waals surface area contributed by atoms with Crippen LogP contribution in [0.1, 0.15) is 22.3 Å². The van der Waals surface area contributed by atoms with Gasteiger partial charge in [-0.25, -0.2) is 4.79 Å². The van der Waals surface area contributed by atoms with E-state index < -0.39 is 5.97 Å². The number of rotatable bonds is 2. The van der Waals surface area contributed by atoms with Gasteiger partial charge in [0.1, 0.15) is 0 Å². The molecule has 1 aromatic rings. The van der Waals surface area contributed by atoms with Crippen molar-refractivity contribution < 1.29 is 9.90 Å². The van der Waals surface area contributed by atoms with Gasteiger partial charge in [-0.3, -0.25) is 0 Å². The quantitative estimate of drug-likeness (QED) is 0.804. The van der Waals surface area contributed by atoms with Crippen LogP contribution in [0.15, 0.2) is 22.7 Å². The van der Waals surface area contributed by atoms with Gasteiger partial charge in [0.25, 0.3) is 0 Å². The Hall–Kier alpha value is -1.31. The van der Waals surface area contributed by atoms with Crippen molar-refractivity contribution in [3.05, 3.63) is 33.8 Å². The predicted octanol–water partition coefficient (Wildman–Crippen LogP) is 1.85. The molecule has 0 spiro atoms. The van der Waals surface area contributed by atoms with E-state index >= 15 is 0 Å². The molecular formula is C11H10BrNO2. The fraction of sp³-hybridized carbons (Fsp3) is 0.182. The highest BCUT2D eigenvalue weighted by Crippen LogP contribution is 2.16. The van der Waals surface area contributed by atoms with Gasteiger partial charge in [0.15, 0.2) is 0 Å². The van der Waals surface area contributed by atoms with E-state index in [1.807, 2.05) is 0 Å². The lowest BCUT2D eigenvalue weighted by atomic mass is 10.1. The van der Waals surface area contributed by atoms with E-state index in [9.17, 15) is 4.79 Å². The molecule has 0 heterocycles. The van der Waals surface area contributed by atoms with Gasteiger partial charge in [-0.2, -0.15) is 0 Å². The second-order valence-electron chi connectivity index (χ2n) is 2.84. The van der Waals surface area contributed by atoms with Gasteiger partial charge < -0.3 is 10.8 Å². The van der Waals surface area contributed by atoms with Gasteiger partial charge in [-0.15, -0.1) is 0 Å². The number of carbonyl (C=O) groups is 1. The molecule has 0 atom stereocenters. The van der Waals surface area contributed by atoms with Crippen molar-refractivity contribution in [3.63, 3.8) is 0 Å². The third-order valence-corrected chi connectivity index (χ3v) is 2.20. The first-order valence-corrected chi connectivity index (χ1v) is 5.16. The van der Waals surface area contributed by atoms with Crippen LogP contribution in [-0.4, -0.2) is 17.6 Å². The molecule has 3 nitrogen and oxygen atoms in total. The highest BCUT2D eigenvalue weighted by Gasteiger charge is 2.08. The molecule has 0 aliphatic rings. The zero-order chi connectivity index (χ0) is 11.3. The summed E-state index contributed by atoms with van der Waals surface area (Å²) >= 11 is 3.21. The number of carboxylic acids is 1. The number of aromatic carboxylic acids is 1. The van der Waals surface area contributed by atoms with Crippen LogP contribution in [0.4, 0.5) is 0 Å². The summed E-state index contributed by atoms with van der Waals surface area (Å²) in [7, 11) is 0. The molecular weight excluding hydrogens is 258 g/mol. The van der Waals surface area contributed by atoms with E-state index in [0.29, 0.717) is 18.5 Å². The SMILES string of the molecule is NCCC#Cc1ccc(Br)cc1C(=O)O. The standard InChI is InChI=1S/C11H10BrNO2/c12-9-5-4-8(3-1-2-6-13)10(7-9)11(14)15/h4-5,7H,2,6,13H2,(H,14,15). The Bertz CT molecular complexity index is 432. The summed E-state index contributed by atoms with van der Waals surface area (Å²) in [6, 6.07) is 4.98. The summed E-state index contributed by atoms with van der Waals surface area (Å²) in [4.78, 5) is 10.9. The molecule has 78 valence electrons. The third-order valence-electron chi connectivity index (χ3n) is 1.70. The second kappa shape index (κ2) is 5.54. The molecule has 0 amide bonds. The number of hydrogen-bond donors (Lipinski definition) is 2. The topological polar surface area (TPSA) is 63.3 Å². The summed E-state index contributed by atoms with van der Waals surface area (Å²) < 4.78 is 0.726. The number of halogens is 1. The Balaban J connectivity index is 3.08. The van der Waals surface area contributed by atoms with Crippen LogP contribution in [-0.2, 0) is 0 Å². The molecule has 0 aliphatic heterocycles. The summed E-state index contributed by atoms with van der Waals surface area (Å²) in [5, 5.41) is 8.93. The summed E-state index contributed by atoms with van der Waals surface area (Å²) in [6.45, 7) is 0.478. The van der Waals surface area contributed by atoms with Gasteiger partial charge in [-0.1, -0.05) is 27.8 Å². The second-order valence-corrected chi connectivity index (χ2v) is 3.75. The molecule has 0 aliphatic carbocycles. The average Bonchev–Trinajstić information content (AvgIpc) is 2.20. The number of nitrogens with two attached hydrogens (primary N) is 1. The van der Waals surface area contributed by atoms with Gasteiger partial charge in [0.05, 0.1) is 5.56 Å². The van der Waals surface area contributed by atoms with Gasteiger partial charge >= 0.3 is 5.97 Å². The Morgan fingerprint density at radius 3 is 2.87 bits per heavy atom. The van der Waals surface area contributed by atoms with Crippen LogP contribution in [0.2, 0.25) is 0 Å². The van der Waals surface area contributed by atoms with Crippen LogP contribution in [0, 0.1) is 11.8 Å². The molecule has 0 fully saturated rings. The van der Waals surface area contributed by atoms with E-state index in [1.165, 1.54) is 6.07 Å². The van der Waals surface area contributed by atoms with E-state index in [-0.39, 0.29) is 5.56 Å². The molecule has 15 heavy (non-hydrogen) atoms. The van der Waals surface area contributed by atoms with Crippen molar-refractivity contribution in [3.8, 4) is 11.8 Å². The van der Waals surface area contributed by atoms with Crippen LogP contribution in [0.3, 0.4) is 0 Å². The largest absolute Gasteiger partial charge is 0.478 e. The first-order chi connectivity index (χ1) is 7.15. The fourth-order valence-electron chi connectivity index (χ4n) is 1.03. The van der Waals surface area contributed by atoms with Crippen LogP contribution in [0.5, 0.6) is 0 Å². The first kappa shape index (κ1) is 11.8. The number of benzene rings is 1. The molecule has 0 aromatic heterocycles. The van der Waals surface area contributed by atoms with Crippen molar-refractivity contribution in [2.24, 2.45) is 5.73 Å². The lowest BCUT2D eigenvalue weighted by Crippen LogP contribution is -2.00. The minimum absolute atomic E-state index is 0.203. The van der Waals surface area contributed by atoms with Crippen molar-refractivity contribution in [1.29, 1.82) is 0 Å². The lowest BCUT2D eigenvalue weighted by molar-refractivity contribution is 0.0696. The number of carboxylic acid groups (broad SMARTS) is 1. The third kappa shape index (κ3) is 3.39. The first-order valence-electron chi connectivity index (χ1n) is 4.37. The molecule has 1 rings (SSSR count). The Morgan fingerprint density at radius 1 is 1.53 bits per heavy atom. The molecule has 0 radical (unpaired) electrons. The molecule has 0 saturated heterocycles. The number of hydrogen-bond acceptors (Lipinski definition) is 2.